The van der Waals surface area contributed by atoms with Crippen LogP contribution < -0.4 is 18.9 Å². The number of carbonyl (C=O) groups excluding carboxylic acids is 2. The molecule has 1 aliphatic rings. The molecule has 0 radical (unpaired) electrons. The average molecular weight is 432 g/mol. The molecule has 0 bridgehead atoms. The maximum atomic E-state index is 12.9. The molecule has 0 aromatic heterocycles. The topological polar surface area (TPSA) is 71.1 Å². The van der Waals surface area contributed by atoms with E-state index in [-0.39, 0.29) is 35.6 Å². The van der Waals surface area contributed by atoms with Crippen LogP contribution in [0.1, 0.15) is 45.8 Å². The van der Waals surface area contributed by atoms with Crippen molar-refractivity contribution < 1.29 is 28.5 Å². The van der Waals surface area contributed by atoms with Gasteiger partial charge < -0.3 is 18.9 Å². The van der Waals surface area contributed by atoms with Gasteiger partial charge in [0.2, 0.25) is 11.5 Å². The monoisotopic (exact) mass is 432 g/mol. The summed E-state index contributed by atoms with van der Waals surface area (Å²) in [5.41, 5.74) is 2.85. The van der Waals surface area contributed by atoms with Crippen molar-refractivity contribution in [1.29, 1.82) is 0 Å². The molecule has 164 valence electrons. The van der Waals surface area contributed by atoms with Crippen LogP contribution in [0.4, 0.5) is 0 Å². The van der Waals surface area contributed by atoms with Gasteiger partial charge in [0.1, 0.15) is 0 Å². The first-order valence-electron chi connectivity index (χ1n) is 10.4. The van der Waals surface area contributed by atoms with Gasteiger partial charge >= 0.3 is 11.9 Å². The number of esters is 2. The van der Waals surface area contributed by atoms with E-state index in [9.17, 15) is 9.59 Å². The number of hydrogen-bond donors (Lipinski definition) is 0. The second-order valence-corrected chi connectivity index (χ2v) is 7.49. The summed E-state index contributed by atoms with van der Waals surface area (Å²) in [6, 6.07) is 18.6. The molecule has 1 unspecified atom stereocenters. The maximum Gasteiger partial charge on any atom is 0.343 e. The van der Waals surface area contributed by atoms with E-state index < -0.39 is 5.97 Å². The molecule has 1 heterocycles. The summed E-state index contributed by atoms with van der Waals surface area (Å²) in [4.78, 5) is 25.3. The zero-order chi connectivity index (χ0) is 22.7. The molecule has 32 heavy (non-hydrogen) atoms. The smallest absolute Gasteiger partial charge is 0.343 e. The summed E-state index contributed by atoms with van der Waals surface area (Å²) < 4.78 is 22.7. The fourth-order valence-electron chi connectivity index (χ4n) is 4.12. The summed E-state index contributed by atoms with van der Waals surface area (Å²) in [7, 11) is 2.92. The second-order valence-electron chi connectivity index (χ2n) is 7.49. The van der Waals surface area contributed by atoms with Crippen molar-refractivity contribution in [2.45, 2.75) is 25.7 Å². The van der Waals surface area contributed by atoms with Crippen molar-refractivity contribution in [3.63, 3.8) is 0 Å². The van der Waals surface area contributed by atoms with Gasteiger partial charge in [-0.3, -0.25) is 4.79 Å². The third-order valence-corrected chi connectivity index (χ3v) is 5.62. The van der Waals surface area contributed by atoms with Gasteiger partial charge in [0.05, 0.1) is 19.8 Å². The lowest BCUT2D eigenvalue weighted by atomic mass is 9.84. The Labute approximate surface area is 186 Å². The Morgan fingerprint density at radius 3 is 2.16 bits per heavy atom. The van der Waals surface area contributed by atoms with Crippen LogP contribution in [0.3, 0.4) is 0 Å². The largest absolute Gasteiger partial charge is 0.490 e. The predicted molar refractivity (Wildman–Crippen MR) is 119 cm³/mol. The third kappa shape index (κ3) is 3.91. The van der Waals surface area contributed by atoms with E-state index in [0.29, 0.717) is 23.3 Å². The minimum atomic E-state index is -0.518. The number of benzene rings is 3. The first-order valence-corrected chi connectivity index (χ1v) is 10.4. The lowest BCUT2D eigenvalue weighted by molar-refractivity contribution is -0.134. The van der Waals surface area contributed by atoms with Crippen LogP contribution in [0.25, 0.3) is 0 Å². The lowest BCUT2D eigenvalue weighted by Gasteiger charge is -2.25. The molecule has 0 aliphatic carbocycles. The van der Waals surface area contributed by atoms with Gasteiger partial charge in [0, 0.05) is 23.5 Å². The fraction of sp³-hybridized carbons (Fsp3) is 0.231. The lowest BCUT2D eigenvalue weighted by Crippen LogP contribution is -2.14. The zero-order valence-corrected chi connectivity index (χ0v) is 18.2. The molecule has 0 saturated heterocycles. The van der Waals surface area contributed by atoms with E-state index in [2.05, 4.69) is 0 Å². The van der Waals surface area contributed by atoms with Crippen LogP contribution in [-0.2, 0) is 4.79 Å². The normalized spacial score (nSPS) is 15.2. The average Bonchev–Trinajstić information content (AvgIpc) is 3.00. The Bertz CT molecular complexity index is 1140. The van der Waals surface area contributed by atoms with Crippen molar-refractivity contribution in [1.82, 2.24) is 0 Å². The highest BCUT2D eigenvalue weighted by molar-refractivity contribution is 5.92. The summed E-state index contributed by atoms with van der Waals surface area (Å²) in [6.45, 7) is 1.84. The molecule has 0 amide bonds. The first-order chi connectivity index (χ1) is 15.5. The van der Waals surface area contributed by atoms with E-state index in [4.69, 9.17) is 18.9 Å². The van der Waals surface area contributed by atoms with E-state index in [1.54, 1.807) is 24.3 Å². The highest BCUT2D eigenvalue weighted by Gasteiger charge is 2.35. The summed E-state index contributed by atoms with van der Waals surface area (Å²) in [5, 5.41) is 0. The Balaban J connectivity index is 1.93. The molecule has 0 N–H and O–H groups in total. The van der Waals surface area contributed by atoms with Crippen molar-refractivity contribution in [3.05, 3.63) is 82.9 Å². The molecule has 4 rings (SSSR count). The molecular weight excluding hydrogens is 408 g/mol. The van der Waals surface area contributed by atoms with Crippen LogP contribution in [0.15, 0.2) is 60.7 Å². The fourth-order valence-corrected chi connectivity index (χ4v) is 4.12. The predicted octanol–water partition coefficient (Wildman–Crippen LogP) is 5.06. The highest BCUT2D eigenvalue weighted by atomic mass is 16.6. The van der Waals surface area contributed by atoms with Gasteiger partial charge in [-0.2, -0.15) is 0 Å². The molecule has 1 atom stereocenters. The number of hydrogen-bond acceptors (Lipinski definition) is 6. The standard InChI is InChI=1S/C26H24O6/c1-16-21-19(17-10-6-4-7-11-17)14-15-20(27)31-23(21)25(30-3)24(29-2)22(16)32-26(28)18-12-8-5-9-13-18/h4-13,19H,14-15H2,1-3H3. The molecule has 1 aliphatic heterocycles. The minimum absolute atomic E-state index is 0.147. The maximum absolute atomic E-state index is 12.9. The van der Waals surface area contributed by atoms with Gasteiger partial charge in [0.15, 0.2) is 11.5 Å². The molecular formula is C26H24O6. The van der Waals surface area contributed by atoms with Gasteiger partial charge in [-0.15, -0.1) is 0 Å². The molecule has 6 nitrogen and oxygen atoms in total. The van der Waals surface area contributed by atoms with Gasteiger partial charge in [-0.05, 0) is 31.0 Å². The van der Waals surface area contributed by atoms with Crippen LogP contribution in [-0.4, -0.2) is 26.2 Å². The highest BCUT2D eigenvalue weighted by Crippen LogP contribution is 2.54. The van der Waals surface area contributed by atoms with Gasteiger partial charge in [0.25, 0.3) is 0 Å². The molecule has 0 saturated carbocycles. The molecule has 0 spiro atoms. The Hall–Kier alpha value is -3.80. The molecule has 0 fully saturated rings. The number of rotatable bonds is 5. The quantitative estimate of drug-likeness (QED) is 0.414. The van der Waals surface area contributed by atoms with Crippen molar-refractivity contribution in [3.8, 4) is 23.0 Å². The third-order valence-electron chi connectivity index (χ3n) is 5.62. The summed E-state index contributed by atoms with van der Waals surface area (Å²) in [5.74, 6) is -0.0378. The van der Waals surface area contributed by atoms with Crippen LogP contribution >= 0.6 is 0 Å². The SMILES string of the molecule is COc1c(OC(=O)c2ccccc2)c(C)c2c(c1OC)OC(=O)CCC2c1ccccc1. The number of carbonyl (C=O) groups is 2. The summed E-state index contributed by atoms with van der Waals surface area (Å²) >= 11 is 0. The summed E-state index contributed by atoms with van der Waals surface area (Å²) in [6.07, 6.45) is 0.802. The van der Waals surface area contributed by atoms with Crippen LogP contribution in [0, 0.1) is 6.92 Å². The number of methoxy groups -OCH3 is 2. The van der Waals surface area contributed by atoms with E-state index in [1.807, 2.05) is 43.3 Å². The Kier molecular flexibility index (Phi) is 6.12. The van der Waals surface area contributed by atoms with E-state index in [0.717, 1.165) is 11.1 Å². The van der Waals surface area contributed by atoms with Gasteiger partial charge in [-0.25, -0.2) is 4.79 Å². The van der Waals surface area contributed by atoms with E-state index >= 15 is 0 Å². The van der Waals surface area contributed by atoms with Crippen LogP contribution in [0.2, 0.25) is 0 Å². The molecule has 6 heteroatoms. The van der Waals surface area contributed by atoms with Gasteiger partial charge in [-0.1, -0.05) is 48.5 Å². The zero-order valence-electron chi connectivity index (χ0n) is 18.2. The van der Waals surface area contributed by atoms with Crippen molar-refractivity contribution in [2.24, 2.45) is 0 Å². The number of fused-ring (bicyclic) bond motifs is 1. The van der Waals surface area contributed by atoms with E-state index in [1.165, 1.54) is 14.2 Å². The Morgan fingerprint density at radius 1 is 0.906 bits per heavy atom. The second kappa shape index (κ2) is 9.14. The molecule has 3 aromatic carbocycles. The number of ether oxygens (including phenoxy) is 4. The van der Waals surface area contributed by atoms with Crippen LogP contribution in [0.5, 0.6) is 23.0 Å². The van der Waals surface area contributed by atoms with Crippen molar-refractivity contribution >= 4 is 11.9 Å². The first kappa shape index (κ1) is 21.4. The Morgan fingerprint density at radius 2 is 1.53 bits per heavy atom. The molecule has 3 aromatic rings. The minimum Gasteiger partial charge on any atom is -0.490 e. The van der Waals surface area contributed by atoms with Crippen molar-refractivity contribution in [2.75, 3.05) is 14.2 Å².